The molecule has 1 aromatic rings. The van der Waals surface area contributed by atoms with Crippen LogP contribution in [0.1, 0.15) is 65.5 Å². The zero-order valence-corrected chi connectivity index (χ0v) is 16.1. The highest BCUT2D eigenvalue weighted by Crippen LogP contribution is 2.37. The first kappa shape index (κ1) is 19.2. The van der Waals surface area contributed by atoms with Gasteiger partial charge in [0.1, 0.15) is 0 Å². The van der Waals surface area contributed by atoms with Crippen molar-refractivity contribution in [3.05, 3.63) is 35.4 Å². The van der Waals surface area contributed by atoms with Gasteiger partial charge in [0.05, 0.1) is 6.26 Å². The molecule has 0 heterocycles. The van der Waals surface area contributed by atoms with Gasteiger partial charge in [-0.1, -0.05) is 52.0 Å². The molecule has 0 aliphatic carbocycles. The van der Waals surface area contributed by atoms with Crippen molar-refractivity contribution in [2.24, 2.45) is 5.41 Å². The Morgan fingerprint density at radius 2 is 1.55 bits per heavy atom. The normalized spacial score (nSPS) is 15.1. The van der Waals surface area contributed by atoms with Gasteiger partial charge < -0.3 is 0 Å². The lowest BCUT2D eigenvalue weighted by atomic mass is 9.76. The van der Waals surface area contributed by atoms with E-state index in [1.165, 1.54) is 11.8 Å². The molecule has 0 aromatic heterocycles. The smallest absolute Gasteiger partial charge is 0.211 e. The Labute approximate surface area is 136 Å². The van der Waals surface area contributed by atoms with Crippen LogP contribution >= 0.6 is 0 Å². The fourth-order valence-corrected chi connectivity index (χ4v) is 3.94. The van der Waals surface area contributed by atoms with E-state index in [0.717, 1.165) is 5.56 Å². The number of hydrogen-bond acceptors (Lipinski definition) is 2. The second kappa shape index (κ2) is 6.32. The van der Waals surface area contributed by atoms with Crippen LogP contribution in [0.2, 0.25) is 0 Å². The van der Waals surface area contributed by atoms with Crippen molar-refractivity contribution >= 4 is 10.0 Å². The van der Waals surface area contributed by atoms with E-state index in [1.807, 2.05) is 39.0 Å². The predicted octanol–water partition coefficient (Wildman–Crippen LogP) is 4.40. The summed E-state index contributed by atoms with van der Waals surface area (Å²) in [7, 11) is -3.27. The fraction of sp³-hybridized carbons (Fsp3) is 0.667. The minimum absolute atomic E-state index is 0.133. The van der Waals surface area contributed by atoms with Crippen LogP contribution < -0.4 is 0 Å². The van der Waals surface area contributed by atoms with E-state index in [9.17, 15) is 8.42 Å². The number of sulfonamides is 1. The van der Waals surface area contributed by atoms with Crippen molar-refractivity contribution in [1.29, 1.82) is 0 Å². The molecule has 0 aliphatic heterocycles. The molecule has 4 heteroatoms. The number of rotatable bonds is 4. The molecular weight excluding hydrogens is 294 g/mol. The zero-order valence-electron chi connectivity index (χ0n) is 15.3. The Bertz CT molecular complexity index is 607. The molecule has 1 rings (SSSR count). The summed E-state index contributed by atoms with van der Waals surface area (Å²) in [5.41, 5.74) is 2.01. The summed E-state index contributed by atoms with van der Waals surface area (Å²) >= 11 is 0. The molecule has 0 N–H and O–H groups in total. The van der Waals surface area contributed by atoms with Crippen molar-refractivity contribution in [3.8, 4) is 0 Å². The van der Waals surface area contributed by atoms with Gasteiger partial charge in [-0.25, -0.2) is 8.42 Å². The van der Waals surface area contributed by atoms with Crippen LogP contribution in [-0.4, -0.2) is 24.5 Å². The molecule has 126 valence electrons. The summed E-state index contributed by atoms with van der Waals surface area (Å²) in [6, 6.07) is 8.18. The molecule has 0 amide bonds. The van der Waals surface area contributed by atoms with E-state index in [4.69, 9.17) is 0 Å². The minimum Gasteiger partial charge on any atom is -0.212 e. The highest BCUT2D eigenvalue weighted by atomic mass is 32.2. The molecule has 22 heavy (non-hydrogen) atoms. The van der Waals surface area contributed by atoms with E-state index >= 15 is 0 Å². The summed E-state index contributed by atoms with van der Waals surface area (Å²) in [5.74, 6) is 0.352. The van der Waals surface area contributed by atoms with Crippen LogP contribution in [0.4, 0.5) is 0 Å². The molecule has 1 aromatic carbocycles. The molecule has 3 nitrogen and oxygen atoms in total. The topological polar surface area (TPSA) is 37.4 Å². The third-order valence-electron chi connectivity index (χ3n) is 4.28. The molecule has 0 aliphatic rings. The van der Waals surface area contributed by atoms with E-state index in [0.29, 0.717) is 12.5 Å². The van der Waals surface area contributed by atoms with Gasteiger partial charge in [-0.2, -0.15) is 4.31 Å². The summed E-state index contributed by atoms with van der Waals surface area (Å²) in [4.78, 5) is 0. The second-order valence-electron chi connectivity index (χ2n) is 8.23. The molecule has 0 radical (unpaired) electrons. The highest BCUT2D eigenvalue weighted by molar-refractivity contribution is 7.88. The first-order chi connectivity index (χ1) is 9.74. The monoisotopic (exact) mass is 325 g/mol. The maximum Gasteiger partial charge on any atom is 0.211 e. The van der Waals surface area contributed by atoms with Gasteiger partial charge in [-0.3, -0.25) is 0 Å². The zero-order chi connectivity index (χ0) is 17.3. The Morgan fingerprint density at radius 1 is 1.05 bits per heavy atom. The Hall–Kier alpha value is -0.870. The molecule has 0 unspecified atom stereocenters. The van der Waals surface area contributed by atoms with Crippen molar-refractivity contribution < 1.29 is 8.42 Å². The number of benzene rings is 1. The van der Waals surface area contributed by atoms with Gasteiger partial charge in [-0.05, 0) is 43.2 Å². The maximum atomic E-state index is 12.2. The van der Waals surface area contributed by atoms with Gasteiger partial charge >= 0.3 is 0 Å². The summed E-state index contributed by atoms with van der Waals surface area (Å²) in [6.45, 7) is 15.1. The van der Waals surface area contributed by atoms with Crippen molar-refractivity contribution in [2.75, 3.05) is 6.26 Å². The summed E-state index contributed by atoms with van der Waals surface area (Å²) < 4.78 is 26.0. The van der Waals surface area contributed by atoms with Gasteiger partial charge in [0.2, 0.25) is 10.0 Å². The van der Waals surface area contributed by atoms with Gasteiger partial charge in [0.25, 0.3) is 0 Å². The van der Waals surface area contributed by atoms with Crippen molar-refractivity contribution in [3.63, 3.8) is 0 Å². The maximum absolute atomic E-state index is 12.2. The van der Waals surface area contributed by atoms with Crippen LogP contribution in [0.5, 0.6) is 0 Å². The van der Waals surface area contributed by atoms with Crippen LogP contribution in [0.15, 0.2) is 24.3 Å². The lowest BCUT2D eigenvalue weighted by Crippen LogP contribution is -2.44. The molecule has 0 fully saturated rings. The fourth-order valence-electron chi connectivity index (χ4n) is 2.57. The van der Waals surface area contributed by atoms with Gasteiger partial charge in [0, 0.05) is 12.1 Å². The largest absolute Gasteiger partial charge is 0.212 e. The first-order valence-electron chi connectivity index (χ1n) is 7.80. The average molecular weight is 326 g/mol. The van der Waals surface area contributed by atoms with Crippen LogP contribution in [-0.2, 0) is 16.6 Å². The average Bonchev–Trinajstić information content (AvgIpc) is 2.31. The molecular formula is C18H31NO2S. The van der Waals surface area contributed by atoms with Gasteiger partial charge in [0.15, 0.2) is 0 Å². The number of hydrogen-bond donors (Lipinski definition) is 0. The molecule has 1 atom stereocenters. The second-order valence-corrected chi connectivity index (χ2v) is 10.1. The molecule has 0 spiro atoms. The Kier molecular flexibility index (Phi) is 5.51. The quantitative estimate of drug-likeness (QED) is 0.823. The van der Waals surface area contributed by atoms with Gasteiger partial charge in [-0.15, -0.1) is 0 Å². The third kappa shape index (κ3) is 4.82. The Balaban J connectivity index is 3.29. The van der Waals surface area contributed by atoms with Crippen molar-refractivity contribution in [2.45, 2.75) is 66.5 Å². The number of nitrogens with zero attached hydrogens (tertiary/aromatic N) is 1. The summed E-state index contributed by atoms with van der Waals surface area (Å²) in [6.07, 6.45) is 1.29. The van der Waals surface area contributed by atoms with Crippen LogP contribution in [0.25, 0.3) is 0 Å². The standard InChI is InChI=1S/C18H31NO2S/c1-14(17(2,3)4)16-12-10-9-11-15(16)13-19(18(5,6)7)22(8,20)21/h9-12,14H,13H2,1-8H3/t14-/m1/s1. The van der Waals surface area contributed by atoms with E-state index in [-0.39, 0.29) is 5.41 Å². The van der Waals surface area contributed by atoms with Crippen molar-refractivity contribution in [1.82, 2.24) is 4.31 Å². The predicted molar refractivity (Wildman–Crippen MR) is 94.5 cm³/mol. The SMILES string of the molecule is C[C@H](c1ccccc1CN(C(C)(C)C)S(C)(=O)=O)C(C)(C)C. The highest BCUT2D eigenvalue weighted by Gasteiger charge is 2.31. The first-order valence-corrected chi connectivity index (χ1v) is 9.65. The van der Waals surface area contributed by atoms with Crippen LogP contribution in [0.3, 0.4) is 0 Å². The summed E-state index contributed by atoms with van der Waals surface area (Å²) in [5, 5.41) is 0. The third-order valence-corrected chi connectivity index (χ3v) is 5.76. The lowest BCUT2D eigenvalue weighted by Gasteiger charge is -2.35. The molecule has 0 saturated carbocycles. The lowest BCUT2D eigenvalue weighted by molar-refractivity contribution is 0.242. The minimum atomic E-state index is -3.27. The van der Waals surface area contributed by atoms with E-state index < -0.39 is 15.6 Å². The molecule has 0 bridgehead atoms. The Morgan fingerprint density at radius 3 is 1.95 bits per heavy atom. The molecule has 0 saturated heterocycles. The van der Waals surface area contributed by atoms with E-state index in [1.54, 1.807) is 4.31 Å². The van der Waals surface area contributed by atoms with Crippen LogP contribution in [0, 0.1) is 5.41 Å². The van der Waals surface area contributed by atoms with E-state index in [2.05, 4.69) is 33.8 Å².